The number of hydrogen-bond acceptors (Lipinski definition) is 3. The van der Waals surface area contributed by atoms with Gasteiger partial charge in [-0.1, -0.05) is 24.3 Å². The number of aliphatic hydroxyl groups is 1. The molecule has 1 aliphatic rings. The van der Waals surface area contributed by atoms with Crippen LogP contribution in [0.2, 0.25) is 0 Å². The zero-order chi connectivity index (χ0) is 12.1. The summed E-state index contributed by atoms with van der Waals surface area (Å²) in [6.07, 6.45) is 1.48. The number of amides is 1. The summed E-state index contributed by atoms with van der Waals surface area (Å²) in [5.41, 5.74) is 1.84. The second-order valence-corrected chi connectivity index (χ2v) is 4.20. The highest BCUT2D eigenvalue weighted by atomic mass is 16.5. The highest BCUT2D eigenvalue weighted by Gasteiger charge is 2.22. The lowest BCUT2D eigenvalue weighted by molar-refractivity contribution is -0.130. The second kappa shape index (κ2) is 5.80. The summed E-state index contributed by atoms with van der Waals surface area (Å²) in [6.45, 7) is 1.18. The van der Waals surface area contributed by atoms with Gasteiger partial charge in [-0.3, -0.25) is 4.79 Å². The predicted octanol–water partition coefficient (Wildman–Crippen LogP) is 0.974. The van der Waals surface area contributed by atoms with Gasteiger partial charge < -0.3 is 15.2 Å². The first-order valence-electron chi connectivity index (χ1n) is 5.87. The highest BCUT2D eigenvalue weighted by Crippen LogP contribution is 2.12. The standard InChI is InChI=1S/C13H17NO3/c15-9-11-4-1-3-10(7-11)8-14-13(16)12-5-2-6-17-12/h1,3-4,7,12,15H,2,5-6,8-9H2,(H,14,16)/t12-/m1/s1. The molecule has 0 saturated carbocycles. The average Bonchev–Trinajstić information content (AvgIpc) is 2.90. The maximum Gasteiger partial charge on any atom is 0.249 e. The fraction of sp³-hybridized carbons (Fsp3) is 0.462. The first-order valence-corrected chi connectivity index (χ1v) is 5.87. The second-order valence-electron chi connectivity index (χ2n) is 4.20. The van der Waals surface area contributed by atoms with E-state index in [0.29, 0.717) is 13.2 Å². The minimum absolute atomic E-state index is 0.0214. The van der Waals surface area contributed by atoms with Crippen LogP contribution in [0.4, 0.5) is 0 Å². The minimum Gasteiger partial charge on any atom is -0.392 e. The van der Waals surface area contributed by atoms with Crippen molar-refractivity contribution in [1.29, 1.82) is 0 Å². The van der Waals surface area contributed by atoms with Crippen LogP contribution in [-0.2, 0) is 22.7 Å². The van der Waals surface area contributed by atoms with Crippen molar-refractivity contribution >= 4 is 5.91 Å². The van der Waals surface area contributed by atoms with Gasteiger partial charge in [-0.25, -0.2) is 0 Å². The Morgan fingerprint density at radius 3 is 3.00 bits per heavy atom. The first-order chi connectivity index (χ1) is 8.29. The fourth-order valence-electron chi connectivity index (χ4n) is 1.93. The quantitative estimate of drug-likeness (QED) is 0.817. The van der Waals surface area contributed by atoms with Crippen LogP contribution < -0.4 is 5.32 Å². The summed E-state index contributed by atoms with van der Waals surface area (Å²) in [6, 6.07) is 7.54. The van der Waals surface area contributed by atoms with Gasteiger partial charge in [0.2, 0.25) is 5.91 Å². The highest BCUT2D eigenvalue weighted by molar-refractivity contribution is 5.80. The summed E-state index contributed by atoms with van der Waals surface area (Å²) >= 11 is 0. The summed E-state index contributed by atoms with van der Waals surface area (Å²) in [4.78, 5) is 11.7. The number of aliphatic hydroxyl groups excluding tert-OH is 1. The van der Waals surface area contributed by atoms with E-state index in [1.165, 1.54) is 0 Å². The molecular formula is C13H17NO3. The van der Waals surface area contributed by atoms with Gasteiger partial charge in [-0.05, 0) is 24.0 Å². The molecule has 1 saturated heterocycles. The van der Waals surface area contributed by atoms with Crippen LogP contribution in [0.3, 0.4) is 0 Å². The topological polar surface area (TPSA) is 58.6 Å². The van der Waals surface area contributed by atoms with Crippen molar-refractivity contribution in [1.82, 2.24) is 5.32 Å². The van der Waals surface area contributed by atoms with E-state index in [1.54, 1.807) is 0 Å². The third kappa shape index (κ3) is 3.28. The lowest BCUT2D eigenvalue weighted by atomic mass is 10.1. The summed E-state index contributed by atoms with van der Waals surface area (Å²) < 4.78 is 5.30. The van der Waals surface area contributed by atoms with Crippen LogP contribution in [0, 0.1) is 0 Å². The van der Waals surface area contributed by atoms with Crippen LogP contribution in [0.5, 0.6) is 0 Å². The van der Waals surface area contributed by atoms with Crippen molar-refractivity contribution in [3.8, 4) is 0 Å². The number of rotatable bonds is 4. The molecule has 1 aliphatic heterocycles. The molecule has 4 heteroatoms. The van der Waals surface area contributed by atoms with Crippen LogP contribution in [-0.4, -0.2) is 23.7 Å². The lowest BCUT2D eigenvalue weighted by Gasteiger charge is -2.10. The molecule has 0 radical (unpaired) electrons. The van der Waals surface area contributed by atoms with E-state index < -0.39 is 0 Å². The summed E-state index contributed by atoms with van der Waals surface area (Å²) in [5, 5.41) is 11.9. The molecule has 1 atom stereocenters. The van der Waals surface area contributed by atoms with E-state index in [2.05, 4.69) is 5.32 Å². The Morgan fingerprint density at radius 1 is 1.47 bits per heavy atom. The Labute approximate surface area is 101 Å². The summed E-state index contributed by atoms with van der Waals surface area (Å²) in [7, 11) is 0. The zero-order valence-electron chi connectivity index (χ0n) is 9.69. The van der Waals surface area contributed by atoms with Crippen molar-refractivity contribution in [2.75, 3.05) is 6.61 Å². The van der Waals surface area contributed by atoms with E-state index >= 15 is 0 Å². The Hall–Kier alpha value is -1.39. The molecule has 2 N–H and O–H groups in total. The third-order valence-corrected chi connectivity index (χ3v) is 2.86. The number of hydrogen-bond donors (Lipinski definition) is 2. The molecule has 2 rings (SSSR count). The van der Waals surface area contributed by atoms with E-state index in [4.69, 9.17) is 9.84 Å². The molecule has 1 fully saturated rings. The zero-order valence-corrected chi connectivity index (χ0v) is 9.69. The fourth-order valence-corrected chi connectivity index (χ4v) is 1.93. The van der Waals surface area contributed by atoms with E-state index in [9.17, 15) is 4.79 Å². The van der Waals surface area contributed by atoms with Crippen molar-refractivity contribution in [2.24, 2.45) is 0 Å². The largest absolute Gasteiger partial charge is 0.392 e. The van der Waals surface area contributed by atoms with E-state index in [0.717, 1.165) is 24.0 Å². The van der Waals surface area contributed by atoms with E-state index in [-0.39, 0.29) is 18.6 Å². The van der Waals surface area contributed by atoms with Gasteiger partial charge in [-0.15, -0.1) is 0 Å². The number of carbonyl (C=O) groups is 1. The number of ether oxygens (including phenoxy) is 1. The van der Waals surface area contributed by atoms with Gasteiger partial charge in [0, 0.05) is 13.2 Å². The van der Waals surface area contributed by atoms with Gasteiger partial charge in [0.15, 0.2) is 0 Å². The van der Waals surface area contributed by atoms with Crippen LogP contribution >= 0.6 is 0 Å². The summed E-state index contributed by atoms with van der Waals surface area (Å²) in [5.74, 6) is -0.0445. The maximum absolute atomic E-state index is 11.7. The molecule has 1 amide bonds. The number of nitrogens with one attached hydrogen (secondary N) is 1. The smallest absolute Gasteiger partial charge is 0.249 e. The Morgan fingerprint density at radius 2 is 2.29 bits per heavy atom. The van der Waals surface area contributed by atoms with Gasteiger partial charge in [0.1, 0.15) is 6.10 Å². The molecule has 0 aromatic heterocycles. The van der Waals surface area contributed by atoms with Crippen molar-refractivity contribution in [2.45, 2.75) is 32.1 Å². The SMILES string of the molecule is O=C(NCc1cccc(CO)c1)[C@H]1CCCO1. The Bertz CT molecular complexity index is 386. The van der Waals surface area contributed by atoms with Gasteiger partial charge in [0.25, 0.3) is 0 Å². The van der Waals surface area contributed by atoms with Gasteiger partial charge in [0.05, 0.1) is 6.61 Å². The lowest BCUT2D eigenvalue weighted by Crippen LogP contribution is -2.33. The van der Waals surface area contributed by atoms with Gasteiger partial charge in [-0.2, -0.15) is 0 Å². The van der Waals surface area contributed by atoms with Crippen LogP contribution in [0.15, 0.2) is 24.3 Å². The van der Waals surface area contributed by atoms with Crippen LogP contribution in [0.1, 0.15) is 24.0 Å². The van der Waals surface area contributed by atoms with Crippen LogP contribution in [0.25, 0.3) is 0 Å². The monoisotopic (exact) mass is 235 g/mol. The molecule has 0 unspecified atom stereocenters. The molecule has 1 heterocycles. The third-order valence-electron chi connectivity index (χ3n) is 2.86. The molecule has 4 nitrogen and oxygen atoms in total. The predicted molar refractivity (Wildman–Crippen MR) is 63.2 cm³/mol. The maximum atomic E-state index is 11.7. The average molecular weight is 235 g/mol. The van der Waals surface area contributed by atoms with Crippen molar-refractivity contribution in [3.63, 3.8) is 0 Å². The minimum atomic E-state index is -0.281. The van der Waals surface area contributed by atoms with Crippen molar-refractivity contribution in [3.05, 3.63) is 35.4 Å². The molecule has 1 aromatic carbocycles. The Kier molecular flexibility index (Phi) is 4.12. The molecule has 0 bridgehead atoms. The first kappa shape index (κ1) is 12.1. The Balaban J connectivity index is 1.86. The molecule has 92 valence electrons. The molecule has 0 aliphatic carbocycles. The number of benzene rings is 1. The van der Waals surface area contributed by atoms with Crippen molar-refractivity contribution < 1.29 is 14.6 Å². The van der Waals surface area contributed by atoms with Gasteiger partial charge >= 0.3 is 0 Å². The van der Waals surface area contributed by atoms with E-state index in [1.807, 2.05) is 24.3 Å². The normalized spacial score (nSPS) is 19.2. The number of carbonyl (C=O) groups excluding carboxylic acids is 1. The molecule has 17 heavy (non-hydrogen) atoms. The molecule has 0 spiro atoms. The molecular weight excluding hydrogens is 218 g/mol. The molecule has 1 aromatic rings.